The van der Waals surface area contributed by atoms with E-state index in [1.54, 1.807) is 17.9 Å². The molecule has 0 unspecified atom stereocenters. The average molecular weight is 404 g/mol. The summed E-state index contributed by atoms with van der Waals surface area (Å²) in [6.07, 6.45) is 2.30. The van der Waals surface area contributed by atoms with Crippen LogP contribution in [0, 0.1) is 20.8 Å². The molecular formula is C22H24N6O2. The van der Waals surface area contributed by atoms with Crippen LogP contribution in [0.2, 0.25) is 0 Å². The summed E-state index contributed by atoms with van der Waals surface area (Å²) in [6.45, 7) is 5.80. The van der Waals surface area contributed by atoms with Gasteiger partial charge in [-0.05, 0) is 57.0 Å². The van der Waals surface area contributed by atoms with Gasteiger partial charge in [-0.3, -0.25) is 14.3 Å². The molecule has 0 saturated carbocycles. The third-order valence-corrected chi connectivity index (χ3v) is 5.36. The van der Waals surface area contributed by atoms with Crippen molar-refractivity contribution in [3.8, 4) is 5.69 Å². The number of carbonyl (C=O) groups excluding carboxylic acids is 1. The molecule has 2 N–H and O–H groups in total. The second-order valence-corrected chi connectivity index (χ2v) is 7.47. The number of pyridine rings is 1. The number of nitrogens with zero attached hydrogens (tertiary/aromatic N) is 4. The maximum atomic E-state index is 12.6. The maximum absolute atomic E-state index is 12.6. The third-order valence-electron chi connectivity index (χ3n) is 5.36. The number of aryl methyl sites for hydroxylation is 4. The minimum absolute atomic E-state index is 0.147. The lowest BCUT2D eigenvalue weighted by molar-refractivity contribution is -0.116. The highest BCUT2D eigenvalue weighted by Gasteiger charge is 2.16. The van der Waals surface area contributed by atoms with Crippen LogP contribution in [-0.4, -0.2) is 30.5 Å². The number of benzene rings is 1. The van der Waals surface area contributed by atoms with Gasteiger partial charge in [0.2, 0.25) is 5.91 Å². The van der Waals surface area contributed by atoms with Gasteiger partial charge in [-0.2, -0.15) is 10.2 Å². The number of hydrogen-bond donors (Lipinski definition) is 2. The summed E-state index contributed by atoms with van der Waals surface area (Å²) in [4.78, 5) is 28.0. The lowest BCUT2D eigenvalue weighted by Gasteiger charge is -2.10. The van der Waals surface area contributed by atoms with Crippen molar-refractivity contribution in [2.24, 2.45) is 7.05 Å². The number of rotatable bonds is 5. The Morgan fingerprint density at radius 2 is 2.00 bits per heavy atom. The monoisotopic (exact) mass is 404 g/mol. The van der Waals surface area contributed by atoms with Gasteiger partial charge in [-0.15, -0.1) is 0 Å². The van der Waals surface area contributed by atoms with Crippen molar-refractivity contribution >= 4 is 22.6 Å². The van der Waals surface area contributed by atoms with E-state index >= 15 is 0 Å². The molecule has 0 bridgehead atoms. The first kappa shape index (κ1) is 19.6. The molecule has 0 radical (unpaired) electrons. The standard InChI is InChI=1S/C22H24N6O2/c1-13-10-11-23-28(13)17-7-5-6-16(12-17)24-19(29)9-8-18-14(2)20-15(3)26-27(4)21(20)25-22(18)30/h5-7,10-12H,8-9H2,1-4H3,(H,24,29)(H,25,30). The average Bonchev–Trinajstić information content (AvgIpc) is 3.24. The Labute approximate surface area is 173 Å². The maximum Gasteiger partial charge on any atom is 0.253 e. The zero-order chi connectivity index (χ0) is 21.4. The Morgan fingerprint density at radius 1 is 1.20 bits per heavy atom. The number of fused-ring (bicyclic) bond motifs is 1. The molecule has 0 saturated heterocycles. The van der Waals surface area contributed by atoms with Crippen molar-refractivity contribution in [3.05, 3.63) is 69.4 Å². The number of aromatic amines is 1. The predicted octanol–water partition coefficient (Wildman–Crippen LogP) is 2.94. The highest BCUT2D eigenvalue weighted by Crippen LogP contribution is 2.21. The molecule has 8 heteroatoms. The summed E-state index contributed by atoms with van der Waals surface area (Å²) in [5, 5.41) is 12.5. The fourth-order valence-electron chi connectivity index (χ4n) is 3.87. The summed E-state index contributed by atoms with van der Waals surface area (Å²) >= 11 is 0. The molecule has 0 fully saturated rings. The van der Waals surface area contributed by atoms with E-state index in [1.807, 2.05) is 55.8 Å². The zero-order valence-electron chi connectivity index (χ0n) is 17.5. The van der Waals surface area contributed by atoms with Gasteiger partial charge < -0.3 is 10.3 Å². The molecule has 1 amide bonds. The van der Waals surface area contributed by atoms with Gasteiger partial charge in [0.05, 0.1) is 11.4 Å². The van der Waals surface area contributed by atoms with E-state index in [4.69, 9.17) is 0 Å². The van der Waals surface area contributed by atoms with Gasteiger partial charge in [-0.25, -0.2) is 4.68 Å². The molecule has 4 rings (SSSR count). The Hall–Kier alpha value is -3.68. The number of anilines is 1. The van der Waals surface area contributed by atoms with Crippen molar-refractivity contribution in [1.82, 2.24) is 24.5 Å². The molecule has 154 valence electrons. The SMILES string of the molecule is Cc1nn(C)c2[nH]c(=O)c(CCC(=O)Nc3cccc(-n4nccc4C)c3)c(C)c12. The Balaban J connectivity index is 1.50. The zero-order valence-corrected chi connectivity index (χ0v) is 17.5. The summed E-state index contributed by atoms with van der Waals surface area (Å²) in [7, 11) is 1.80. The molecule has 4 aromatic rings. The quantitative estimate of drug-likeness (QED) is 0.534. The second kappa shape index (κ2) is 7.62. The second-order valence-electron chi connectivity index (χ2n) is 7.47. The van der Waals surface area contributed by atoms with Crippen molar-refractivity contribution in [1.29, 1.82) is 0 Å². The molecule has 0 aliphatic rings. The minimum atomic E-state index is -0.174. The van der Waals surface area contributed by atoms with Crippen LogP contribution < -0.4 is 10.9 Å². The van der Waals surface area contributed by atoms with Gasteiger partial charge in [0.15, 0.2) is 0 Å². The van der Waals surface area contributed by atoms with Gasteiger partial charge in [0, 0.05) is 42.0 Å². The number of amides is 1. The fourth-order valence-corrected chi connectivity index (χ4v) is 3.87. The van der Waals surface area contributed by atoms with Gasteiger partial charge in [0.25, 0.3) is 5.56 Å². The summed E-state index contributed by atoms with van der Waals surface area (Å²) in [5.74, 6) is -0.147. The van der Waals surface area contributed by atoms with Crippen molar-refractivity contribution in [2.75, 3.05) is 5.32 Å². The van der Waals surface area contributed by atoms with E-state index in [-0.39, 0.29) is 17.9 Å². The van der Waals surface area contributed by atoms with E-state index in [0.29, 0.717) is 23.3 Å². The van der Waals surface area contributed by atoms with E-state index in [1.165, 1.54) is 0 Å². The van der Waals surface area contributed by atoms with Crippen LogP contribution in [0.4, 0.5) is 5.69 Å². The van der Waals surface area contributed by atoms with E-state index in [9.17, 15) is 9.59 Å². The van der Waals surface area contributed by atoms with E-state index in [2.05, 4.69) is 20.5 Å². The van der Waals surface area contributed by atoms with Gasteiger partial charge in [0.1, 0.15) is 5.65 Å². The molecule has 8 nitrogen and oxygen atoms in total. The van der Waals surface area contributed by atoms with Gasteiger partial charge >= 0.3 is 0 Å². The first-order chi connectivity index (χ1) is 14.3. The van der Waals surface area contributed by atoms with Crippen molar-refractivity contribution < 1.29 is 4.79 Å². The third kappa shape index (κ3) is 3.52. The molecule has 3 heterocycles. The topological polar surface area (TPSA) is 97.6 Å². The summed E-state index contributed by atoms with van der Waals surface area (Å²) in [5.41, 5.74) is 5.46. The largest absolute Gasteiger partial charge is 0.326 e. The molecule has 30 heavy (non-hydrogen) atoms. The molecule has 1 aromatic carbocycles. The van der Waals surface area contributed by atoms with Crippen LogP contribution in [0.3, 0.4) is 0 Å². The van der Waals surface area contributed by atoms with Crippen LogP contribution in [0.1, 0.15) is 28.9 Å². The number of carbonyl (C=O) groups is 1. The predicted molar refractivity (Wildman–Crippen MR) is 116 cm³/mol. The first-order valence-corrected chi connectivity index (χ1v) is 9.81. The Bertz CT molecular complexity index is 1310. The first-order valence-electron chi connectivity index (χ1n) is 9.81. The fraction of sp³-hybridized carbons (Fsp3) is 0.273. The molecule has 3 aromatic heterocycles. The van der Waals surface area contributed by atoms with Crippen LogP contribution in [0.25, 0.3) is 16.7 Å². The smallest absolute Gasteiger partial charge is 0.253 e. The molecule has 0 spiro atoms. The lowest BCUT2D eigenvalue weighted by atomic mass is 10.0. The lowest BCUT2D eigenvalue weighted by Crippen LogP contribution is -2.19. The van der Waals surface area contributed by atoms with Crippen LogP contribution >= 0.6 is 0 Å². The van der Waals surface area contributed by atoms with Crippen LogP contribution in [0.15, 0.2) is 41.3 Å². The number of hydrogen-bond acceptors (Lipinski definition) is 4. The molecule has 0 aliphatic carbocycles. The van der Waals surface area contributed by atoms with E-state index in [0.717, 1.165) is 28.0 Å². The number of aromatic nitrogens is 5. The summed E-state index contributed by atoms with van der Waals surface area (Å²) < 4.78 is 3.48. The minimum Gasteiger partial charge on any atom is -0.326 e. The molecular weight excluding hydrogens is 380 g/mol. The molecule has 0 atom stereocenters. The number of H-pyrrole nitrogens is 1. The molecule has 0 aliphatic heterocycles. The van der Waals surface area contributed by atoms with Crippen molar-refractivity contribution in [3.63, 3.8) is 0 Å². The number of nitrogens with one attached hydrogen (secondary N) is 2. The van der Waals surface area contributed by atoms with Crippen LogP contribution in [-0.2, 0) is 18.3 Å². The van der Waals surface area contributed by atoms with Gasteiger partial charge in [-0.1, -0.05) is 6.07 Å². The summed E-state index contributed by atoms with van der Waals surface area (Å²) in [6, 6.07) is 9.44. The highest BCUT2D eigenvalue weighted by atomic mass is 16.1. The Kier molecular flexibility index (Phi) is 4.99. The normalized spacial score (nSPS) is 11.2. The highest BCUT2D eigenvalue weighted by molar-refractivity contribution is 5.91. The van der Waals surface area contributed by atoms with Crippen molar-refractivity contribution in [2.45, 2.75) is 33.6 Å². The van der Waals surface area contributed by atoms with Crippen LogP contribution in [0.5, 0.6) is 0 Å². The Morgan fingerprint density at radius 3 is 2.73 bits per heavy atom. The van der Waals surface area contributed by atoms with E-state index < -0.39 is 0 Å².